The van der Waals surface area contributed by atoms with Crippen LogP contribution < -0.4 is 9.80 Å². The lowest BCUT2D eigenvalue weighted by atomic mass is 9.97. The molecule has 2 amide bonds. The standard InChI is InChI=1S/C36H26N2O2/c39-35(37(27-15-5-1-6-16-27)28-17-7-2-8-18-28)33-25-26-34(32-24-14-13-23-31(32)33)36(40)38(29-19-9-3-10-20-29)30-21-11-4-12-22-30/h1-26H. The maximum Gasteiger partial charge on any atom is 0.263 e. The Bertz CT molecular complexity index is 1560. The van der Waals surface area contributed by atoms with Gasteiger partial charge in [-0.2, -0.15) is 0 Å². The zero-order valence-corrected chi connectivity index (χ0v) is 21.7. The third kappa shape index (κ3) is 4.74. The molecular weight excluding hydrogens is 492 g/mol. The second kappa shape index (κ2) is 11.1. The van der Waals surface area contributed by atoms with Gasteiger partial charge in [0.2, 0.25) is 0 Å². The largest absolute Gasteiger partial charge is 0.277 e. The first-order valence-electron chi connectivity index (χ1n) is 13.1. The van der Waals surface area contributed by atoms with E-state index in [1.165, 1.54) is 0 Å². The van der Waals surface area contributed by atoms with E-state index >= 15 is 0 Å². The van der Waals surface area contributed by atoms with Crippen molar-refractivity contribution in [3.05, 3.63) is 169 Å². The summed E-state index contributed by atoms with van der Waals surface area (Å²) in [6.07, 6.45) is 0. The molecular formula is C36H26N2O2. The Morgan fingerprint density at radius 2 is 0.575 bits per heavy atom. The van der Waals surface area contributed by atoms with E-state index in [1.54, 1.807) is 21.9 Å². The topological polar surface area (TPSA) is 40.6 Å². The number of carbonyl (C=O) groups is 2. The maximum atomic E-state index is 14.2. The Morgan fingerprint density at radius 1 is 0.325 bits per heavy atom. The highest BCUT2D eigenvalue weighted by Crippen LogP contribution is 2.33. The number of hydrogen-bond acceptors (Lipinski definition) is 2. The van der Waals surface area contributed by atoms with Crippen molar-refractivity contribution >= 4 is 45.3 Å². The molecule has 192 valence electrons. The second-order valence-corrected chi connectivity index (χ2v) is 9.33. The first kappa shape index (κ1) is 24.8. The maximum absolute atomic E-state index is 14.2. The summed E-state index contributed by atoms with van der Waals surface area (Å²) in [5.74, 6) is -0.342. The average molecular weight is 519 g/mol. The van der Waals surface area contributed by atoms with Gasteiger partial charge in [-0.15, -0.1) is 0 Å². The molecule has 0 aliphatic rings. The lowest BCUT2D eigenvalue weighted by molar-refractivity contribution is 0.0990. The van der Waals surface area contributed by atoms with Gasteiger partial charge in [-0.1, -0.05) is 97.1 Å². The van der Waals surface area contributed by atoms with Crippen LogP contribution >= 0.6 is 0 Å². The van der Waals surface area contributed by atoms with Crippen molar-refractivity contribution in [3.8, 4) is 0 Å². The van der Waals surface area contributed by atoms with E-state index in [0.29, 0.717) is 11.1 Å². The van der Waals surface area contributed by atoms with Crippen molar-refractivity contribution in [2.24, 2.45) is 0 Å². The fraction of sp³-hybridized carbons (Fsp3) is 0. The summed E-state index contributed by atoms with van der Waals surface area (Å²) in [6.45, 7) is 0. The molecule has 0 spiro atoms. The van der Waals surface area contributed by atoms with Crippen molar-refractivity contribution in [2.45, 2.75) is 0 Å². The van der Waals surface area contributed by atoms with Gasteiger partial charge in [-0.05, 0) is 71.4 Å². The summed E-state index contributed by atoms with van der Waals surface area (Å²) in [6, 6.07) is 49.5. The van der Waals surface area contributed by atoms with Crippen LogP contribution in [0.5, 0.6) is 0 Å². The van der Waals surface area contributed by atoms with Gasteiger partial charge in [0.1, 0.15) is 0 Å². The molecule has 40 heavy (non-hydrogen) atoms. The van der Waals surface area contributed by atoms with Crippen LogP contribution in [0.1, 0.15) is 20.7 Å². The predicted octanol–water partition coefficient (Wildman–Crippen LogP) is 8.80. The van der Waals surface area contributed by atoms with Crippen LogP contribution in [0.4, 0.5) is 22.7 Å². The van der Waals surface area contributed by atoms with Gasteiger partial charge >= 0.3 is 0 Å². The van der Waals surface area contributed by atoms with Gasteiger partial charge in [0.15, 0.2) is 0 Å². The molecule has 6 aromatic rings. The van der Waals surface area contributed by atoms with E-state index in [0.717, 1.165) is 33.5 Å². The van der Waals surface area contributed by atoms with Crippen LogP contribution in [-0.2, 0) is 0 Å². The van der Waals surface area contributed by atoms with Crippen LogP contribution in [0.15, 0.2) is 158 Å². The minimum absolute atomic E-state index is 0.171. The predicted molar refractivity (Wildman–Crippen MR) is 163 cm³/mol. The Morgan fingerprint density at radius 3 is 0.850 bits per heavy atom. The van der Waals surface area contributed by atoms with Crippen molar-refractivity contribution in [3.63, 3.8) is 0 Å². The van der Waals surface area contributed by atoms with Gasteiger partial charge in [0.25, 0.3) is 11.8 Å². The first-order chi connectivity index (χ1) is 19.7. The van der Waals surface area contributed by atoms with Gasteiger partial charge in [-0.3, -0.25) is 19.4 Å². The lowest BCUT2D eigenvalue weighted by Crippen LogP contribution is -2.28. The molecule has 0 aliphatic heterocycles. The third-order valence-corrected chi connectivity index (χ3v) is 6.85. The normalized spacial score (nSPS) is 10.7. The number of carbonyl (C=O) groups excluding carboxylic acids is 2. The summed E-state index contributed by atoms with van der Waals surface area (Å²) in [5, 5.41) is 1.44. The zero-order valence-electron chi connectivity index (χ0n) is 21.7. The van der Waals surface area contributed by atoms with Crippen molar-refractivity contribution in [2.75, 3.05) is 9.80 Å². The number of amides is 2. The quantitative estimate of drug-likeness (QED) is 0.221. The molecule has 0 atom stereocenters. The van der Waals surface area contributed by atoms with Crippen LogP contribution in [0, 0.1) is 0 Å². The molecule has 0 heterocycles. The molecule has 0 bridgehead atoms. The lowest BCUT2D eigenvalue weighted by Gasteiger charge is -2.25. The highest BCUT2D eigenvalue weighted by atomic mass is 16.2. The van der Waals surface area contributed by atoms with Crippen molar-refractivity contribution < 1.29 is 9.59 Å². The molecule has 0 aliphatic carbocycles. The summed E-state index contributed by atoms with van der Waals surface area (Å²) in [5.41, 5.74) is 4.10. The summed E-state index contributed by atoms with van der Waals surface area (Å²) in [4.78, 5) is 31.9. The van der Waals surface area contributed by atoms with Crippen LogP contribution in [0.3, 0.4) is 0 Å². The van der Waals surface area contributed by atoms with E-state index in [-0.39, 0.29) is 11.8 Å². The van der Waals surface area contributed by atoms with E-state index in [9.17, 15) is 9.59 Å². The first-order valence-corrected chi connectivity index (χ1v) is 13.1. The molecule has 0 radical (unpaired) electrons. The van der Waals surface area contributed by atoms with Gasteiger partial charge in [0.05, 0.1) is 0 Å². The van der Waals surface area contributed by atoms with E-state index in [2.05, 4.69) is 0 Å². The fourth-order valence-corrected chi connectivity index (χ4v) is 4.99. The molecule has 6 rings (SSSR count). The molecule has 4 nitrogen and oxygen atoms in total. The van der Waals surface area contributed by atoms with Crippen LogP contribution in [-0.4, -0.2) is 11.8 Å². The monoisotopic (exact) mass is 518 g/mol. The number of benzene rings is 6. The minimum atomic E-state index is -0.171. The van der Waals surface area contributed by atoms with E-state index in [1.807, 2.05) is 146 Å². The number of anilines is 4. The fourth-order valence-electron chi connectivity index (χ4n) is 4.99. The SMILES string of the molecule is O=C(c1ccc(C(=O)N(c2ccccc2)c2ccccc2)c2ccccc12)N(c1ccccc1)c1ccccc1. The summed E-state index contributed by atoms with van der Waals surface area (Å²) >= 11 is 0. The highest BCUT2D eigenvalue weighted by Gasteiger charge is 2.26. The number of hydrogen-bond donors (Lipinski definition) is 0. The molecule has 0 saturated heterocycles. The Balaban J connectivity index is 1.48. The van der Waals surface area contributed by atoms with Gasteiger partial charge in [-0.25, -0.2) is 0 Å². The third-order valence-electron chi connectivity index (χ3n) is 6.85. The van der Waals surface area contributed by atoms with E-state index in [4.69, 9.17) is 0 Å². The molecule has 6 aromatic carbocycles. The molecule has 0 unspecified atom stereocenters. The molecule has 0 saturated carbocycles. The van der Waals surface area contributed by atoms with Crippen LogP contribution in [0.2, 0.25) is 0 Å². The number of fused-ring (bicyclic) bond motifs is 1. The van der Waals surface area contributed by atoms with Crippen LogP contribution in [0.25, 0.3) is 10.8 Å². The Hall–Kier alpha value is -5.48. The minimum Gasteiger partial charge on any atom is -0.277 e. The Labute approximate surface area is 233 Å². The molecule has 4 heteroatoms. The number of nitrogens with zero attached hydrogens (tertiary/aromatic N) is 2. The molecule has 0 fully saturated rings. The highest BCUT2D eigenvalue weighted by molar-refractivity contribution is 6.22. The van der Waals surface area contributed by atoms with E-state index < -0.39 is 0 Å². The van der Waals surface area contributed by atoms with Gasteiger partial charge < -0.3 is 0 Å². The molecule has 0 aromatic heterocycles. The average Bonchev–Trinajstić information content (AvgIpc) is 3.03. The molecule has 0 N–H and O–H groups in total. The Kier molecular flexibility index (Phi) is 6.89. The zero-order chi connectivity index (χ0) is 27.3. The van der Waals surface area contributed by atoms with Crippen molar-refractivity contribution in [1.29, 1.82) is 0 Å². The summed E-state index contributed by atoms with van der Waals surface area (Å²) < 4.78 is 0. The number of para-hydroxylation sites is 4. The summed E-state index contributed by atoms with van der Waals surface area (Å²) in [7, 11) is 0. The second-order valence-electron chi connectivity index (χ2n) is 9.33. The van der Waals surface area contributed by atoms with Crippen molar-refractivity contribution in [1.82, 2.24) is 0 Å². The number of rotatable bonds is 6. The van der Waals surface area contributed by atoms with Gasteiger partial charge in [0, 0.05) is 33.9 Å². The smallest absolute Gasteiger partial charge is 0.263 e.